The van der Waals surface area contributed by atoms with Gasteiger partial charge in [-0.15, -0.1) is 0 Å². The predicted molar refractivity (Wildman–Crippen MR) is 99.5 cm³/mol. The van der Waals surface area contributed by atoms with Crippen molar-refractivity contribution in [1.29, 1.82) is 0 Å². The van der Waals surface area contributed by atoms with E-state index in [1.807, 2.05) is 0 Å². The fourth-order valence-corrected chi connectivity index (χ4v) is 3.52. The van der Waals surface area contributed by atoms with Crippen LogP contribution >= 0.6 is 0 Å². The Labute approximate surface area is 156 Å². The Morgan fingerprint density at radius 1 is 1.19 bits per heavy atom. The van der Waals surface area contributed by atoms with Gasteiger partial charge in [0.05, 0.1) is 20.3 Å². The van der Waals surface area contributed by atoms with E-state index >= 15 is 0 Å². The van der Waals surface area contributed by atoms with Crippen LogP contribution in [-0.2, 0) is 11.2 Å². The van der Waals surface area contributed by atoms with Gasteiger partial charge in [0, 0.05) is 12.5 Å². The summed E-state index contributed by atoms with van der Waals surface area (Å²) in [6, 6.07) is 5.52. The van der Waals surface area contributed by atoms with Crippen molar-refractivity contribution in [1.82, 2.24) is 5.32 Å². The van der Waals surface area contributed by atoms with Crippen molar-refractivity contribution >= 4 is 5.91 Å². The second kappa shape index (κ2) is 7.19. The van der Waals surface area contributed by atoms with E-state index in [2.05, 4.69) is 5.32 Å². The largest absolute Gasteiger partial charge is 0.504 e. The highest BCUT2D eigenvalue weighted by molar-refractivity contribution is 5.83. The first-order valence-corrected chi connectivity index (χ1v) is 8.48. The predicted octanol–water partition coefficient (Wildman–Crippen LogP) is 2.27. The Morgan fingerprint density at radius 2 is 1.93 bits per heavy atom. The number of benzene rings is 1. The Balaban J connectivity index is 2.40. The third-order valence-electron chi connectivity index (χ3n) is 4.71. The molecule has 1 aliphatic carbocycles. The number of carbonyl (C=O) groups excluding carboxylic acids is 1. The number of hydrogen-bond donors (Lipinski definition) is 3. The molecule has 0 bridgehead atoms. The topological polar surface area (TPSA) is 105 Å². The van der Waals surface area contributed by atoms with Crippen molar-refractivity contribution in [2.45, 2.75) is 25.8 Å². The maximum Gasteiger partial charge on any atom is 0.220 e. The number of aromatic hydroxyl groups is 2. The maximum atomic E-state index is 12.2. The number of hydrogen-bond acceptors (Lipinski definition) is 6. The minimum absolute atomic E-state index is 0.152. The molecule has 27 heavy (non-hydrogen) atoms. The van der Waals surface area contributed by atoms with Crippen LogP contribution in [0.3, 0.4) is 0 Å². The Hall–Kier alpha value is -3.22. The second-order valence-electron chi connectivity index (χ2n) is 6.38. The van der Waals surface area contributed by atoms with Gasteiger partial charge in [-0.05, 0) is 47.7 Å². The minimum atomic E-state index is -0.549. The monoisotopic (exact) mass is 371 g/mol. The van der Waals surface area contributed by atoms with Crippen molar-refractivity contribution in [3.05, 3.63) is 45.6 Å². The van der Waals surface area contributed by atoms with E-state index in [0.717, 1.165) is 5.56 Å². The van der Waals surface area contributed by atoms with Gasteiger partial charge < -0.3 is 25.0 Å². The lowest BCUT2D eigenvalue weighted by Gasteiger charge is -2.18. The average molecular weight is 371 g/mol. The minimum Gasteiger partial charge on any atom is -0.504 e. The molecule has 2 aromatic rings. The highest BCUT2D eigenvalue weighted by Gasteiger charge is 2.28. The molecule has 0 saturated heterocycles. The van der Waals surface area contributed by atoms with E-state index in [1.165, 1.54) is 33.3 Å². The highest BCUT2D eigenvalue weighted by atomic mass is 16.5. The van der Waals surface area contributed by atoms with Crippen LogP contribution in [0.25, 0.3) is 11.1 Å². The molecule has 1 aliphatic rings. The zero-order valence-electron chi connectivity index (χ0n) is 15.3. The van der Waals surface area contributed by atoms with E-state index in [1.54, 1.807) is 12.1 Å². The molecule has 1 atom stereocenters. The highest BCUT2D eigenvalue weighted by Crippen LogP contribution is 2.49. The molecule has 7 heteroatoms. The van der Waals surface area contributed by atoms with E-state index in [0.29, 0.717) is 29.5 Å². The Morgan fingerprint density at radius 3 is 2.56 bits per heavy atom. The molecule has 0 spiro atoms. The van der Waals surface area contributed by atoms with E-state index in [4.69, 9.17) is 9.47 Å². The first-order chi connectivity index (χ1) is 12.9. The first-order valence-electron chi connectivity index (χ1n) is 8.48. The molecule has 0 fully saturated rings. The number of aryl methyl sites for hydroxylation is 1. The number of amides is 1. The lowest BCUT2D eigenvalue weighted by molar-refractivity contribution is -0.119. The molecular formula is C20H21NO6. The van der Waals surface area contributed by atoms with Crippen LogP contribution in [0, 0.1) is 0 Å². The number of phenols is 1. The van der Waals surface area contributed by atoms with E-state index in [-0.39, 0.29) is 23.2 Å². The van der Waals surface area contributed by atoms with Crippen molar-refractivity contribution in [2.24, 2.45) is 0 Å². The van der Waals surface area contributed by atoms with Gasteiger partial charge in [-0.2, -0.15) is 0 Å². The van der Waals surface area contributed by atoms with Gasteiger partial charge in [0.15, 0.2) is 17.2 Å². The summed E-state index contributed by atoms with van der Waals surface area (Å²) < 4.78 is 10.7. The maximum absolute atomic E-state index is 12.2. The van der Waals surface area contributed by atoms with Crippen LogP contribution in [0.15, 0.2) is 29.1 Å². The van der Waals surface area contributed by atoms with Crippen LogP contribution in [0.5, 0.6) is 23.0 Å². The number of carbonyl (C=O) groups is 1. The number of nitrogens with one attached hydrogen (secondary N) is 1. The van der Waals surface area contributed by atoms with Crippen molar-refractivity contribution < 1.29 is 24.5 Å². The van der Waals surface area contributed by atoms with Crippen molar-refractivity contribution in [3.8, 4) is 34.1 Å². The van der Waals surface area contributed by atoms with Crippen molar-refractivity contribution in [2.75, 3.05) is 14.2 Å². The van der Waals surface area contributed by atoms with E-state index < -0.39 is 17.2 Å². The van der Waals surface area contributed by atoms with E-state index in [9.17, 15) is 19.8 Å². The number of methoxy groups -OCH3 is 2. The zero-order valence-corrected chi connectivity index (χ0v) is 15.3. The van der Waals surface area contributed by atoms with Gasteiger partial charge in [0.25, 0.3) is 0 Å². The molecule has 1 unspecified atom stereocenters. The normalized spacial score (nSPS) is 15.1. The third kappa shape index (κ3) is 3.28. The second-order valence-corrected chi connectivity index (χ2v) is 6.38. The smallest absolute Gasteiger partial charge is 0.220 e. The summed E-state index contributed by atoms with van der Waals surface area (Å²) >= 11 is 0. The first kappa shape index (κ1) is 18.6. The summed E-state index contributed by atoms with van der Waals surface area (Å²) in [6.45, 7) is 1.41. The summed E-state index contributed by atoms with van der Waals surface area (Å²) in [6.07, 6.45) is 1.09. The molecule has 3 rings (SSSR count). The third-order valence-corrected chi connectivity index (χ3v) is 4.71. The average Bonchev–Trinajstić information content (AvgIpc) is 2.85. The molecule has 0 saturated carbocycles. The SMILES string of the molecule is COc1cc2c(c(OC)c1O)-c1ccc(O)c(=O)cc1C(NC(C)=O)CC2. The molecule has 0 aliphatic heterocycles. The van der Waals surface area contributed by atoms with Gasteiger partial charge in [-0.3, -0.25) is 9.59 Å². The quantitative estimate of drug-likeness (QED) is 0.764. The van der Waals surface area contributed by atoms with Crippen LogP contribution in [0.4, 0.5) is 0 Å². The number of ether oxygens (including phenoxy) is 2. The van der Waals surface area contributed by atoms with Crippen molar-refractivity contribution in [3.63, 3.8) is 0 Å². The van der Waals surface area contributed by atoms with Gasteiger partial charge in [-0.1, -0.05) is 6.07 Å². The summed E-state index contributed by atoms with van der Waals surface area (Å²) in [7, 11) is 2.89. The number of phenolic OH excluding ortho intramolecular Hbond substituents is 1. The Kier molecular flexibility index (Phi) is 4.94. The summed E-state index contributed by atoms with van der Waals surface area (Å²) in [5.41, 5.74) is 2.04. The molecular weight excluding hydrogens is 350 g/mol. The lowest BCUT2D eigenvalue weighted by Crippen LogP contribution is -2.26. The Bertz CT molecular complexity index is 969. The number of rotatable bonds is 3. The molecule has 0 radical (unpaired) electrons. The van der Waals surface area contributed by atoms with Gasteiger partial charge in [-0.25, -0.2) is 0 Å². The van der Waals surface area contributed by atoms with Gasteiger partial charge >= 0.3 is 0 Å². The fraction of sp³-hybridized carbons (Fsp3) is 0.300. The van der Waals surface area contributed by atoms with Gasteiger partial charge in [0.2, 0.25) is 17.1 Å². The molecule has 0 heterocycles. The zero-order chi connectivity index (χ0) is 19.7. The van der Waals surface area contributed by atoms with Crippen LogP contribution < -0.4 is 20.2 Å². The summed E-state index contributed by atoms with van der Waals surface area (Å²) in [4.78, 5) is 23.9. The molecule has 3 N–H and O–H groups in total. The number of fused-ring (bicyclic) bond motifs is 3. The standard InChI is InChI=1S/C20H21NO6/c1-10(22)21-14-6-4-11-8-17(26-2)19(25)20(27-3)18(11)12-5-7-15(23)16(24)9-13(12)14/h5,7-9,14,25H,4,6H2,1-3H3,(H,21,22)(H,23,24). The summed E-state index contributed by atoms with van der Waals surface area (Å²) in [5, 5.41) is 23.3. The molecule has 142 valence electrons. The van der Waals surface area contributed by atoms with Crippen LogP contribution in [0.2, 0.25) is 0 Å². The summed E-state index contributed by atoms with van der Waals surface area (Å²) in [5.74, 6) is -0.291. The van der Waals surface area contributed by atoms with Gasteiger partial charge in [0.1, 0.15) is 0 Å². The van der Waals surface area contributed by atoms with Crippen LogP contribution in [-0.4, -0.2) is 30.3 Å². The lowest BCUT2D eigenvalue weighted by atomic mass is 9.95. The molecule has 1 amide bonds. The molecule has 2 aromatic carbocycles. The fourth-order valence-electron chi connectivity index (χ4n) is 3.52. The molecule has 0 aromatic heterocycles. The molecule has 7 nitrogen and oxygen atoms in total. The van der Waals surface area contributed by atoms with Crippen LogP contribution in [0.1, 0.15) is 30.5 Å².